The van der Waals surface area contributed by atoms with Gasteiger partial charge in [0.1, 0.15) is 0 Å². The molecule has 2 aromatic rings. The highest BCUT2D eigenvalue weighted by atomic mass is 35.5. The number of benzene rings is 1. The van der Waals surface area contributed by atoms with Crippen molar-refractivity contribution in [2.24, 2.45) is 0 Å². The fourth-order valence-corrected chi connectivity index (χ4v) is 2.86. The zero-order chi connectivity index (χ0) is 19.5. The fraction of sp³-hybridized carbons (Fsp3) is 0.333. The van der Waals surface area contributed by atoms with Crippen molar-refractivity contribution in [3.05, 3.63) is 44.7 Å². The first-order chi connectivity index (χ1) is 12.1. The minimum absolute atomic E-state index is 0.268. The van der Waals surface area contributed by atoms with Gasteiger partial charge in [0.05, 0.1) is 20.8 Å². The number of thiocarbonyl (C=S) groups is 1. The highest BCUT2D eigenvalue weighted by molar-refractivity contribution is 7.80. The van der Waals surface area contributed by atoms with Gasteiger partial charge in [-0.15, -0.1) is 0 Å². The van der Waals surface area contributed by atoms with Crippen molar-refractivity contribution in [2.75, 3.05) is 11.9 Å². The summed E-state index contributed by atoms with van der Waals surface area (Å²) >= 11 is 22.6. The Kier molecular flexibility index (Phi) is 7.01. The molecule has 0 saturated carbocycles. The van der Waals surface area contributed by atoms with E-state index in [-0.39, 0.29) is 17.3 Å². The Hall–Kier alpha value is -1.22. The van der Waals surface area contributed by atoms with Gasteiger partial charge in [-0.2, -0.15) is 18.3 Å². The van der Waals surface area contributed by atoms with Crippen LogP contribution in [0.15, 0.2) is 18.2 Å². The molecule has 0 unspecified atom stereocenters. The third-order valence-electron chi connectivity index (χ3n) is 3.41. The molecule has 0 radical (unpaired) electrons. The summed E-state index contributed by atoms with van der Waals surface area (Å²) in [5, 5.41) is 10.2. The van der Waals surface area contributed by atoms with Crippen molar-refractivity contribution >= 4 is 57.8 Å². The maximum atomic E-state index is 12.8. The second kappa shape index (κ2) is 8.65. The molecule has 2 rings (SSSR count). The summed E-state index contributed by atoms with van der Waals surface area (Å²) in [4.78, 5) is 0. The monoisotopic (exact) mass is 444 g/mol. The molecule has 1 aromatic heterocycles. The average Bonchev–Trinajstić information content (AvgIpc) is 2.83. The first-order valence-corrected chi connectivity index (χ1v) is 8.94. The van der Waals surface area contributed by atoms with Gasteiger partial charge in [-0.25, -0.2) is 0 Å². The van der Waals surface area contributed by atoms with Crippen molar-refractivity contribution in [3.63, 3.8) is 0 Å². The molecule has 11 heteroatoms. The van der Waals surface area contributed by atoms with Gasteiger partial charge >= 0.3 is 6.18 Å². The van der Waals surface area contributed by atoms with Crippen molar-refractivity contribution in [2.45, 2.75) is 26.1 Å². The number of aromatic nitrogens is 2. The van der Waals surface area contributed by atoms with E-state index >= 15 is 0 Å². The van der Waals surface area contributed by atoms with Crippen LogP contribution in [0.4, 0.5) is 18.9 Å². The van der Waals surface area contributed by atoms with Crippen LogP contribution in [-0.2, 0) is 12.7 Å². The molecule has 1 aromatic carbocycles. The Bertz CT molecular complexity index is 808. The third kappa shape index (κ3) is 5.39. The number of rotatable bonds is 5. The second-order valence-corrected chi connectivity index (χ2v) is 6.93. The molecule has 0 aliphatic heterocycles. The SMILES string of the molecule is Cc1c(Cl)c(C(F)(F)F)nn1CCCNC(=S)Nc1ccc(Cl)c(Cl)c1. The molecule has 0 fully saturated rings. The standard InChI is InChI=1S/C15H14Cl3F3N4S/c1-8-12(18)13(15(19,20)21)24-25(8)6-2-5-22-14(26)23-9-3-4-10(16)11(17)7-9/h3-4,7H,2,5-6H2,1H3,(H2,22,23,26). The number of hydrogen-bond acceptors (Lipinski definition) is 2. The zero-order valence-electron chi connectivity index (χ0n) is 13.4. The summed E-state index contributed by atoms with van der Waals surface area (Å²) in [6.07, 6.45) is -4.07. The molecule has 1 heterocycles. The molecule has 4 nitrogen and oxygen atoms in total. The summed E-state index contributed by atoms with van der Waals surface area (Å²) in [5.41, 5.74) is -0.127. The predicted octanol–water partition coefficient (Wildman–Crippen LogP) is 5.55. The van der Waals surface area contributed by atoms with E-state index < -0.39 is 11.9 Å². The third-order valence-corrected chi connectivity index (χ3v) is 4.85. The Labute approximate surface area is 168 Å². The van der Waals surface area contributed by atoms with Crippen molar-refractivity contribution in [1.82, 2.24) is 15.1 Å². The van der Waals surface area contributed by atoms with Crippen LogP contribution in [0.1, 0.15) is 17.8 Å². The van der Waals surface area contributed by atoms with Crippen molar-refractivity contribution < 1.29 is 13.2 Å². The van der Waals surface area contributed by atoms with E-state index in [1.165, 1.54) is 11.6 Å². The molecule has 26 heavy (non-hydrogen) atoms. The lowest BCUT2D eigenvalue weighted by Gasteiger charge is -2.11. The maximum absolute atomic E-state index is 12.8. The topological polar surface area (TPSA) is 41.9 Å². The Balaban J connectivity index is 1.83. The van der Waals surface area contributed by atoms with Gasteiger partial charge in [-0.3, -0.25) is 4.68 Å². The minimum atomic E-state index is -4.57. The van der Waals surface area contributed by atoms with Crippen LogP contribution >= 0.6 is 47.0 Å². The van der Waals surface area contributed by atoms with Gasteiger partial charge in [-0.1, -0.05) is 34.8 Å². The summed E-state index contributed by atoms with van der Waals surface area (Å²) in [6.45, 7) is 2.20. The molecule has 0 atom stereocenters. The van der Waals surface area contributed by atoms with E-state index in [0.717, 1.165) is 0 Å². The number of nitrogens with zero attached hydrogens (tertiary/aromatic N) is 2. The first-order valence-electron chi connectivity index (χ1n) is 7.39. The van der Waals surface area contributed by atoms with E-state index in [9.17, 15) is 13.2 Å². The van der Waals surface area contributed by atoms with E-state index in [1.54, 1.807) is 18.2 Å². The number of aryl methyl sites for hydroxylation is 1. The number of halogens is 6. The molecule has 2 N–H and O–H groups in total. The largest absolute Gasteiger partial charge is 0.436 e. The van der Waals surface area contributed by atoms with Crippen LogP contribution < -0.4 is 10.6 Å². The molecule has 142 valence electrons. The van der Waals surface area contributed by atoms with Gasteiger partial charge in [0.2, 0.25) is 0 Å². The zero-order valence-corrected chi connectivity index (χ0v) is 16.5. The average molecular weight is 446 g/mol. The molecule has 0 amide bonds. The van der Waals surface area contributed by atoms with Gasteiger partial charge in [0, 0.05) is 18.8 Å². The van der Waals surface area contributed by atoms with Crippen molar-refractivity contribution in [3.8, 4) is 0 Å². The van der Waals surface area contributed by atoms with Crippen LogP contribution in [0.25, 0.3) is 0 Å². The quantitative estimate of drug-likeness (QED) is 0.468. The molecule has 0 aliphatic rings. The smallest absolute Gasteiger partial charge is 0.362 e. The minimum Gasteiger partial charge on any atom is -0.362 e. The predicted molar refractivity (Wildman–Crippen MR) is 102 cm³/mol. The van der Waals surface area contributed by atoms with Crippen LogP contribution in [0.2, 0.25) is 15.1 Å². The van der Waals surface area contributed by atoms with Crippen LogP contribution in [0.5, 0.6) is 0 Å². The number of alkyl halides is 3. The molecular formula is C15H14Cl3F3N4S. The second-order valence-electron chi connectivity index (χ2n) is 5.33. The van der Waals surface area contributed by atoms with Crippen LogP contribution in [0.3, 0.4) is 0 Å². The van der Waals surface area contributed by atoms with Gasteiger partial charge < -0.3 is 10.6 Å². The summed E-state index contributed by atoms with van der Waals surface area (Å²) in [7, 11) is 0. The van der Waals surface area contributed by atoms with E-state index in [1.807, 2.05) is 0 Å². The van der Waals surface area contributed by atoms with Gasteiger partial charge in [0.15, 0.2) is 10.8 Å². The summed E-state index contributed by atoms with van der Waals surface area (Å²) in [5.74, 6) is 0. The normalized spacial score (nSPS) is 11.5. The first kappa shape index (κ1) is 21.1. The summed E-state index contributed by atoms with van der Waals surface area (Å²) in [6, 6.07) is 4.99. The number of hydrogen-bond donors (Lipinski definition) is 2. The highest BCUT2D eigenvalue weighted by Gasteiger charge is 2.38. The Morgan fingerprint density at radius 1 is 1.23 bits per heavy atom. The molecular weight excluding hydrogens is 432 g/mol. The molecule has 0 bridgehead atoms. The van der Waals surface area contributed by atoms with Gasteiger partial charge in [0.25, 0.3) is 0 Å². The van der Waals surface area contributed by atoms with E-state index in [2.05, 4.69) is 15.7 Å². The van der Waals surface area contributed by atoms with Crippen LogP contribution in [0, 0.1) is 6.92 Å². The van der Waals surface area contributed by atoms with Gasteiger partial charge in [-0.05, 0) is 43.8 Å². The highest BCUT2D eigenvalue weighted by Crippen LogP contribution is 2.35. The maximum Gasteiger partial charge on any atom is 0.436 e. The molecule has 0 saturated heterocycles. The summed E-state index contributed by atoms with van der Waals surface area (Å²) < 4.78 is 39.6. The lowest BCUT2D eigenvalue weighted by Crippen LogP contribution is -2.29. The Morgan fingerprint density at radius 3 is 2.50 bits per heavy atom. The lowest BCUT2D eigenvalue weighted by molar-refractivity contribution is -0.141. The molecule has 0 spiro atoms. The molecule has 0 aliphatic carbocycles. The van der Waals surface area contributed by atoms with Crippen LogP contribution in [-0.4, -0.2) is 21.4 Å². The number of anilines is 1. The van der Waals surface area contributed by atoms with E-state index in [0.29, 0.717) is 33.8 Å². The number of nitrogens with one attached hydrogen (secondary N) is 2. The lowest BCUT2D eigenvalue weighted by atomic mass is 10.3. The van der Waals surface area contributed by atoms with E-state index in [4.69, 9.17) is 47.0 Å². The van der Waals surface area contributed by atoms with Crippen molar-refractivity contribution in [1.29, 1.82) is 0 Å². The fourth-order valence-electron chi connectivity index (χ4n) is 2.10. The Morgan fingerprint density at radius 2 is 1.92 bits per heavy atom.